The molecule has 2 aliphatic heterocycles. The Labute approximate surface area is 227 Å². The number of amides is 2. The molecule has 3 atom stereocenters. The molecule has 1 fully saturated rings. The molecule has 3 N–H and O–H groups in total. The monoisotopic (exact) mass is 590 g/mol. The van der Waals surface area contributed by atoms with Gasteiger partial charge < -0.3 is 20.9 Å². The molecule has 2 aromatic carbocycles. The van der Waals surface area contributed by atoms with Crippen LogP contribution in [-0.2, 0) is 20.4 Å². The van der Waals surface area contributed by atoms with Crippen molar-refractivity contribution >= 4 is 49.0 Å². The van der Waals surface area contributed by atoms with Gasteiger partial charge in [0.1, 0.15) is 6.04 Å². The van der Waals surface area contributed by atoms with Crippen LogP contribution in [0.5, 0.6) is 0 Å². The van der Waals surface area contributed by atoms with Gasteiger partial charge in [0, 0.05) is 29.7 Å². The summed E-state index contributed by atoms with van der Waals surface area (Å²) in [6.45, 7) is 8.35. The molecule has 1 saturated heterocycles. The minimum absolute atomic E-state index is 0.153. The summed E-state index contributed by atoms with van der Waals surface area (Å²) in [6, 6.07) is 11.2. The van der Waals surface area contributed by atoms with Crippen LogP contribution in [0.25, 0.3) is 0 Å². The van der Waals surface area contributed by atoms with Crippen molar-refractivity contribution in [3.8, 4) is 0 Å². The Bertz CT molecular complexity index is 1240. The van der Waals surface area contributed by atoms with Gasteiger partial charge in [0.15, 0.2) is 9.84 Å². The first kappa shape index (κ1) is 27.6. The molecule has 2 heterocycles. The Morgan fingerprint density at radius 2 is 1.86 bits per heavy atom. The molecule has 0 radical (unpaired) electrons. The molecule has 0 aromatic heterocycles. The first-order valence-corrected chi connectivity index (χ1v) is 15.4. The first-order valence-electron chi connectivity index (χ1n) is 12.7. The maximum Gasteiger partial charge on any atom is 0.251 e. The molecule has 0 unspecified atom stereocenters. The molecule has 2 aromatic rings. The van der Waals surface area contributed by atoms with Crippen molar-refractivity contribution in [3.63, 3.8) is 0 Å². The van der Waals surface area contributed by atoms with E-state index in [0.29, 0.717) is 40.9 Å². The zero-order chi connectivity index (χ0) is 26.6. The lowest BCUT2D eigenvalue weighted by Gasteiger charge is -2.34. The van der Waals surface area contributed by atoms with Crippen LogP contribution in [-0.4, -0.2) is 63.1 Å². The van der Waals surface area contributed by atoms with Gasteiger partial charge in [-0.3, -0.25) is 9.59 Å². The summed E-state index contributed by atoms with van der Waals surface area (Å²) in [5, 5.41) is 8.75. The molecule has 10 heteroatoms. The van der Waals surface area contributed by atoms with Crippen molar-refractivity contribution in [2.45, 2.75) is 38.5 Å². The Hall–Kier alpha value is -2.43. The van der Waals surface area contributed by atoms with Gasteiger partial charge in [0.05, 0.1) is 22.9 Å². The summed E-state index contributed by atoms with van der Waals surface area (Å²) in [5.41, 5.74) is 2.16. The first-order chi connectivity index (χ1) is 17.6. The van der Waals surface area contributed by atoms with Gasteiger partial charge >= 0.3 is 0 Å². The summed E-state index contributed by atoms with van der Waals surface area (Å²) in [7, 11) is -3.55. The van der Waals surface area contributed by atoms with Gasteiger partial charge in [-0.2, -0.15) is 0 Å². The van der Waals surface area contributed by atoms with Crippen LogP contribution in [0.3, 0.4) is 0 Å². The number of likely N-dealkylation sites (tertiary alicyclic amines) is 1. The van der Waals surface area contributed by atoms with E-state index in [2.05, 4.69) is 50.6 Å². The molecule has 0 spiro atoms. The molecule has 2 aliphatic rings. The molecule has 37 heavy (non-hydrogen) atoms. The summed E-state index contributed by atoms with van der Waals surface area (Å²) < 4.78 is 26.3. The average Bonchev–Trinajstić information content (AvgIpc) is 2.81. The number of fused-ring (bicyclic) bond motifs is 1. The second-order valence-electron chi connectivity index (χ2n) is 10.4. The summed E-state index contributed by atoms with van der Waals surface area (Å²) in [6.07, 6.45) is 2.16. The van der Waals surface area contributed by atoms with Crippen molar-refractivity contribution in [2.75, 3.05) is 42.6 Å². The van der Waals surface area contributed by atoms with Crippen LogP contribution < -0.4 is 16.0 Å². The maximum absolute atomic E-state index is 12.7. The molecular weight excluding hydrogens is 556 g/mol. The standard InChI is InChI=1S/C27H35BrN4O4S/c1-18-11-19(2)15-32(14-18)10-4-9-29-26(33)21-7-8-23-24(13-21)31-27(34)25(30-23)17-37(35,36)16-20-5-3-6-22(28)12-20/h3,5-8,12-13,18-19,25,30H,4,9-11,14-17H2,1-2H3,(H,29,33)(H,31,34)/t18-,19+,25-/m1/s1. The molecule has 0 aliphatic carbocycles. The normalized spacial score (nSPS) is 22.0. The number of sulfone groups is 1. The molecule has 2 amide bonds. The Morgan fingerprint density at radius 1 is 1.11 bits per heavy atom. The Balaban J connectivity index is 1.29. The third kappa shape index (κ3) is 7.78. The Morgan fingerprint density at radius 3 is 2.59 bits per heavy atom. The minimum Gasteiger partial charge on any atom is -0.371 e. The van der Waals surface area contributed by atoms with Crippen molar-refractivity contribution in [1.82, 2.24) is 10.2 Å². The van der Waals surface area contributed by atoms with Crippen molar-refractivity contribution in [1.29, 1.82) is 0 Å². The van der Waals surface area contributed by atoms with Crippen LogP contribution in [0.15, 0.2) is 46.9 Å². The number of carbonyl (C=O) groups is 2. The Kier molecular flexibility index (Phi) is 8.92. The van der Waals surface area contributed by atoms with Gasteiger partial charge in [0.2, 0.25) is 5.91 Å². The number of piperidine rings is 1. The number of hydrogen-bond donors (Lipinski definition) is 3. The number of anilines is 2. The molecular formula is C27H35BrN4O4S. The van der Waals surface area contributed by atoms with Crippen LogP contribution in [0.1, 0.15) is 42.6 Å². The highest BCUT2D eigenvalue weighted by Crippen LogP contribution is 2.29. The number of halogens is 1. The number of benzene rings is 2. The maximum atomic E-state index is 12.7. The highest BCUT2D eigenvalue weighted by Gasteiger charge is 2.30. The van der Waals surface area contributed by atoms with E-state index in [-0.39, 0.29) is 17.4 Å². The quantitative estimate of drug-likeness (QED) is 0.382. The topological polar surface area (TPSA) is 108 Å². The molecule has 0 saturated carbocycles. The van der Waals surface area contributed by atoms with E-state index in [1.54, 1.807) is 36.4 Å². The molecule has 4 rings (SSSR count). The number of hydrogen-bond acceptors (Lipinski definition) is 6. The SMILES string of the molecule is C[C@@H]1C[C@H](C)CN(CCCNC(=O)c2ccc3c(c2)NC(=O)[C@@H](CS(=O)(=O)Cc2cccc(Br)c2)N3)C1. The van der Waals surface area contributed by atoms with E-state index >= 15 is 0 Å². The van der Waals surface area contributed by atoms with E-state index < -0.39 is 21.8 Å². The van der Waals surface area contributed by atoms with E-state index in [0.717, 1.165) is 30.5 Å². The summed E-state index contributed by atoms with van der Waals surface area (Å²) in [5.74, 6) is 0.303. The second-order valence-corrected chi connectivity index (χ2v) is 13.5. The highest BCUT2D eigenvalue weighted by molar-refractivity contribution is 9.10. The number of carbonyl (C=O) groups excluding carboxylic acids is 2. The van der Waals surface area contributed by atoms with Gasteiger partial charge in [-0.1, -0.05) is 41.9 Å². The fraction of sp³-hybridized carbons (Fsp3) is 0.481. The number of rotatable bonds is 9. The summed E-state index contributed by atoms with van der Waals surface area (Å²) >= 11 is 3.35. The van der Waals surface area contributed by atoms with Crippen LogP contribution in [0.4, 0.5) is 11.4 Å². The van der Waals surface area contributed by atoms with E-state index in [4.69, 9.17) is 0 Å². The largest absolute Gasteiger partial charge is 0.371 e. The third-order valence-corrected chi connectivity index (χ3v) is 8.87. The van der Waals surface area contributed by atoms with E-state index in [9.17, 15) is 18.0 Å². The van der Waals surface area contributed by atoms with Gasteiger partial charge in [-0.15, -0.1) is 0 Å². The molecule has 200 valence electrons. The lowest BCUT2D eigenvalue weighted by atomic mass is 9.92. The van der Waals surface area contributed by atoms with Crippen LogP contribution >= 0.6 is 15.9 Å². The van der Waals surface area contributed by atoms with Crippen molar-refractivity contribution < 1.29 is 18.0 Å². The fourth-order valence-corrected chi connectivity index (χ4v) is 7.27. The molecule has 8 nitrogen and oxygen atoms in total. The highest BCUT2D eigenvalue weighted by atomic mass is 79.9. The van der Waals surface area contributed by atoms with E-state index in [1.807, 2.05) is 6.07 Å². The van der Waals surface area contributed by atoms with Gasteiger partial charge in [0.25, 0.3) is 5.91 Å². The van der Waals surface area contributed by atoms with Crippen molar-refractivity contribution in [3.05, 3.63) is 58.1 Å². The lowest BCUT2D eigenvalue weighted by molar-refractivity contribution is -0.116. The van der Waals surface area contributed by atoms with Gasteiger partial charge in [-0.05, 0) is 67.1 Å². The lowest BCUT2D eigenvalue weighted by Crippen LogP contribution is -2.43. The molecule has 0 bridgehead atoms. The predicted octanol–water partition coefficient (Wildman–Crippen LogP) is 3.89. The minimum atomic E-state index is -3.55. The zero-order valence-electron chi connectivity index (χ0n) is 21.3. The fourth-order valence-electron chi connectivity index (χ4n) is 5.28. The van der Waals surface area contributed by atoms with Crippen LogP contribution in [0, 0.1) is 11.8 Å². The number of nitrogens with zero attached hydrogens (tertiary/aromatic N) is 1. The second kappa shape index (κ2) is 12.0. The average molecular weight is 592 g/mol. The van der Waals surface area contributed by atoms with Crippen LogP contribution in [0.2, 0.25) is 0 Å². The smallest absolute Gasteiger partial charge is 0.251 e. The summed E-state index contributed by atoms with van der Waals surface area (Å²) in [4.78, 5) is 27.8. The van der Waals surface area contributed by atoms with Gasteiger partial charge in [-0.25, -0.2) is 8.42 Å². The number of nitrogens with one attached hydrogen (secondary N) is 3. The third-order valence-electron chi connectivity index (χ3n) is 6.76. The predicted molar refractivity (Wildman–Crippen MR) is 150 cm³/mol. The van der Waals surface area contributed by atoms with Crippen molar-refractivity contribution in [2.24, 2.45) is 11.8 Å². The van der Waals surface area contributed by atoms with E-state index in [1.165, 1.54) is 6.42 Å². The zero-order valence-corrected chi connectivity index (χ0v) is 23.7.